The third-order valence-electron chi connectivity index (χ3n) is 4.04. The lowest BCUT2D eigenvalue weighted by Crippen LogP contribution is -2.13. The van der Waals surface area contributed by atoms with Gasteiger partial charge >= 0.3 is 0 Å². The number of carbonyl (C=O) groups is 1. The molecule has 22 heavy (non-hydrogen) atoms. The summed E-state index contributed by atoms with van der Waals surface area (Å²) in [4.78, 5) is 12.6. The highest BCUT2D eigenvalue weighted by Gasteiger charge is 2.22. The van der Waals surface area contributed by atoms with E-state index in [0.717, 1.165) is 51.1 Å². The molecule has 0 spiro atoms. The van der Waals surface area contributed by atoms with E-state index in [2.05, 4.69) is 15.9 Å². The zero-order valence-corrected chi connectivity index (χ0v) is 13.4. The van der Waals surface area contributed by atoms with Crippen LogP contribution in [-0.2, 0) is 6.42 Å². The van der Waals surface area contributed by atoms with Crippen molar-refractivity contribution in [2.24, 2.45) is 0 Å². The van der Waals surface area contributed by atoms with Gasteiger partial charge in [0.1, 0.15) is 0 Å². The van der Waals surface area contributed by atoms with Crippen LogP contribution in [0, 0.1) is 0 Å². The minimum absolute atomic E-state index is 0.117. The SMILES string of the molecule is O=C1/C(=C/c2cc3c(cc2Br)OCO3)CCc2ccccc21. The van der Waals surface area contributed by atoms with Gasteiger partial charge in [-0.05, 0) is 42.2 Å². The molecule has 1 heterocycles. The largest absolute Gasteiger partial charge is 0.454 e. The van der Waals surface area contributed by atoms with Crippen LogP contribution in [0.1, 0.15) is 27.9 Å². The van der Waals surface area contributed by atoms with Crippen LogP contribution >= 0.6 is 15.9 Å². The van der Waals surface area contributed by atoms with Gasteiger partial charge in [0, 0.05) is 15.6 Å². The number of ketones is 1. The van der Waals surface area contributed by atoms with E-state index in [4.69, 9.17) is 9.47 Å². The first kappa shape index (κ1) is 13.6. The van der Waals surface area contributed by atoms with Gasteiger partial charge in [0.15, 0.2) is 17.3 Å². The Hall–Kier alpha value is -2.07. The molecule has 0 saturated heterocycles. The standard InChI is InChI=1S/C18H13BrO3/c19-15-9-17-16(21-10-22-17)8-13(15)7-12-6-5-11-3-1-2-4-14(11)18(12)20/h1-4,7-9H,5-6,10H2/b12-7+. The highest BCUT2D eigenvalue weighted by molar-refractivity contribution is 9.10. The van der Waals surface area contributed by atoms with Crippen LogP contribution in [0.5, 0.6) is 11.5 Å². The number of hydrogen-bond acceptors (Lipinski definition) is 3. The molecule has 2 aromatic rings. The van der Waals surface area contributed by atoms with E-state index in [-0.39, 0.29) is 12.6 Å². The number of allylic oxidation sites excluding steroid dienone is 1. The summed E-state index contributed by atoms with van der Waals surface area (Å²) in [5, 5.41) is 0. The maximum Gasteiger partial charge on any atom is 0.231 e. The monoisotopic (exact) mass is 356 g/mol. The Morgan fingerprint density at radius 3 is 2.68 bits per heavy atom. The zero-order valence-electron chi connectivity index (χ0n) is 11.8. The van der Waals surface area contributed by atoms with E-state index in [9.17, 15) is 4.79 Å². The predicted octanol–water partition coefficient (Wildman–Crippen LogP) is 4.39. The number of hydrogen-bond donors (Lipinski definition) is 0. The lowest BCUT2D eigenvalue weighted by Gasteiger charge is -2.17. The Labute approximate surface area is 136 Å². The first-order chi connectivity index (χ1) is 10.7. The van der Waals surface area contributed by atoms with Gasteiger partial charge < -0.3 is 9.47 Å². The van der Waals surface area contributed by atoms with Crippen molar-refractivity contribution in [3.63, 3.8) is 0 Å². The molecule has 4 rings (SSSR count). The highest BCUT2D eigenvalue weighted by atomic mass is 79.9. The van der Waals surface area contributed by atoms with Crippen LogP contribution in [0.2, 0.25) is 0 Å². The lowest BCUT2D eigenvalue weighted by atomic mass is 9.86. The van der Waals surface area contributed by atoms with Crippen molar-refractivity contribution in [1.82, 2.24) is 0 Å². The molecule has 0 atom stereocenters. The van der Waals surface area contributed by atoms with E-state index < -0.39 is 0 Å². The average molecular weight is 357 g/mol. The number of aryl methyl sites for hydroxylation is 1. The molecule has 4 heteroatoms. The number of halogens is 1. The molecule has 3 nitrogen and oxygen atoms in total. The predicted molar refractivity (Wildman–Crippen MR) is 87.3 cm³/mol. The van der Waals surface area contributed by atoms with Gasteiger partial charge in [0.25, 0.3) is 0 Å². The second-order valence-electron chi connectivity index (χ2n) is 5.38. The average Bonchev–Trinajstić information content (AvgIpc) is 2.97. The fraction of sp³-hybridized carbons (Fsp3) is 0.167. The van der Waals surface area contributed by atoms with Gasteiger partial charge in [0.05, 0.1) is 0 Å². The fourth-order valence-electron chi connectivity index (χ4n) is 2.88. The van der Waals surface area contributed by atoms with Crippen LogP contribution in [0.4, 0.5) is 0 Å². The molecule has 0 aromatic heterocycles. The number of carbonyl (C=O) groups excluding carboxylic acids is 1. The Bertz CT molecular complexity index is 808. The first-order valence-electron chi connectivity index (χ1n) is 7.15. The molecule has 0 bridgehead atoms. The summed E-state index contributed by atoms with van der Waals surface area (Å²) in [6.45, 7) is 0.244. The van der Waals surface area contributed by atoms with Crippen LogP contribution in [0.3, 0.4) is 0 Å². The number of fused-ring (bicyclic) bond motifs is 2. The van der Waals surface area contributed by atoms with Crippen molar-refractivity contribution in [2.75, 3.05) is 6.79 Å². The molecule has 2 aliphatic rings. The Morgan fingerprint density at radius 2 is 1.82 bits per heavy atom. The Kier molecular flexibility index (Phi) is 3.26. The highest BCUT2D eigenvalue weighted by Crippen LogP contribution is 2.38. The fourth-order valence-corrected chi connectivity index (χ4v) is 3.32. The Balaban J connectivity index is 1.74. The maximum atomic E-state index is 12.6. The lowest BCUT2D eigenvalue weighted by molar-refractivity contribution is 0.102. The molecule has 0 saturated carbocycles. The van der Waals surface area contributed by atoms with Crippen molar-refractivity contribution in [3.05, 3.63) is 63.1 Å². The number of ether oxygens (including phenoxy) is 2. The number of rotatable bonds is 1. The summed E-state index contributed by atoms with van der Waals surface area (Å²) < 4.78 is 11.7. The van der Waals surface area contributed by atoms with E-state index >= 15 is 0 Å². The van der Waals surface area contributed by atoms with E-state index in [1.165, 1.54) is 0 Å². The summed E-state index contributed by atoms with van der Waals surface area (Å²) in [5.41, 5.74) is 3.72. The molecule has 0 amide bonds. The van der Waals surface area contributed by atoms with Gasteiger partial charge in [0.2, 0.25) is 6.79 Å². The third-order valence-corrected chi connectivity index (χ3v) is 4.73. The molecule has 1 aliphatic heterocycles. The molecule has 2 aromatic carbocycles. The van der Waals surface area contributed by atoms with E-state index in [0.29, 0.717) is 0 Å². The molecule has 0 N–H and O–H groups in total. The van der Waals surface area contributed by atoms with Crippen molar-refractivity contribution < 1.29 is 14.3 Å². The van der Waals surface area contributed by atoms with E-state index in [1.807, 2.05) is 42.5 Å². The third kappa shape index (κ3) is 2.24. The van der Waals surface area contributed by atoms with Gasteiger partial charge in [-0.2, -0.15) is 0 Å². The quantitative estimate of drug-likeness (QED) is 0.710. The van der Waals surface area contributed by atoms with Crippen LogP contribution in [0.15, 0.2) is 46.4 Å². The minimum atomic E-state index is 0.117. The normalized spacial score (nSPS) is 17.7. The topological polar surface area (TPSA) is 35.5 Å². The molecule has 0 radical (unpaired) electrons. The minimum Gasteiger partial charge on any atom is -0.454 e. The first-order valence-corrected chi connectivity index (χ1v) is 7.94. The van der Waals surface area contributed by atoms with Gasteiger partial charge in [-0.1, -0.05) is 40.2 Å². The smallest absolute Gasteiger partial charge is 0.231 e. The number of Topliss-reactive ketones (excluding diaryl/α,β-unsaturated/α-hetero) is 1. The summed E-state index contributed by atoms with van der Waals surface area (Å²) in [7, 11) is 0. The van der Waals surface area contributed by atoms with Crippen molar-refractivity contribution in [1.29, 1.82) is 0 Å². The zero-order chi connectivity index (χ0) is 15.1. The molecular formula is C18H13BrO3. The maximum absolute atomic E-state index is 12.6. The second kappa shape index (κ2) is 5.29. The molecule has 0 unspecified atom stereocenters. The van der Waals surface area contributed by atoms with Crippen LogP contribution < -0.4 is 9.47 Å². The summed E-state index contributed by atoms with van der Waals surface area (Å²) in [5.74, 6) is 1.57. The van der Waals surface area contributed by atoms with Crippen LogP contribution in [0.25, 0.3) is 6.08 Å². The summed E-state index contributed by atoms with van der Waals surface area (Å²) in [6.07, 6.45) is 3.61. The summed E-state index contributed by atoms with van der Waals surface area (Å²) in [6, 6.07) is 11.6. The second-order valence-corrected chi connectivity index (χ2v) is 6.24. The molecular weight excluding hydrogens is 344 g/mol. The van der Waals surface area contributed by atoms with Crippen molar-refractivity contribution in [2.45, 2.75) is 12.8 Å². The van der Waals surface area contributed by atoms with Gasteiger partial charge in [-0.25, -0.2) is 0 Å². The molecule has 0 fully saturated rings. The molecule has 1 aliphatic carbocycles. The molecule has 110 valence electrons. The van der Waals surface area contributed by atoms with Crippen molar-refractivity contribution >= 4 is 27.8 Å². The summed E-state index contributed by atoms with van der Waals surface area (Å²) >= 11 is 3.54. The van der Waals surface area contributed by atoms with E-state index in [1.54, 1.807) is 0 Å². The number of benzene rings is 2. The van der Waals surface area contributed by atoms with Gasteiger partial charge in [-0.15, -0.1) is 0 Å². The Morgan fingerprint density at radius 1 is 1.05 bits per heavy atom. The van der Waals surface area contributed by atoms with Gasteiger partial charge in [-0.3, -0.25) is 4.79 Å². The van der Waals surface area contributed by atoms with Crippen LogP contribution in [-0.4, -0.2) is 12.6 Å². The van der Waals surface area contributed by atoms with Crippen molar-refractivity contribution in [3.8, 4) is 11.5 Å².